The van der Waals surface area contributed by atoms with Crippen molar-refractivity contribution in [1.29, 1.82) is 0 Å². The third-order valence-electron chi connectivity index (χ3n) is 2.57. The first-order valence-corrected chi connectivity index (χ1v) is 6.23. The van der Waals surface area contributed by atoms with Gasteiger partial charge in [0.25, 0.3) is 0 Å². The van der Waals surface area contributed by atoms with E-state index in [0.29, 0.717) is 6.54 Å². The molecule has 0 aliphatic rings. The van der Waals surface area contributed by atoms with Gasteiger partial charge >= 0.3 is 0 Å². The van der Waals surface area contributed by atoms with Gasteiger partial charge in [0.15, 0.2) is 0 Å². The van der Waals surface area contributed by atoms with Gasteiger partial charge in [-0.2, -0.15) is 16.4 Å². The van der Waals surface area contributed by atoms with E-state index in [4.69, 9.17) is 0 Å². The number of aromatic nitrogens is 3. The largest absolute Gasteiger partial charge is 0.340 e. The van der Waals surface area contributed by atoms with Crippen molar-refractivity contribution >= 4 is 17.2 Å². The van der Waals surface area contributed by atoms with E-state index < -0.39 is 0 Å². The van der Waals surface area contributed by atoms with Crippen LogP contribution < -0.4 is 0 Å². The molecular weight excluding hydrogens is 236 g/mol. The number of carbonyl (C=O) groups excluding carboxylic acids is 1. The molecule has 5 nitrogen and oxygen atoms in total. The molecule has 90 valence electrons. The summed E-state index contributed by atoms with van der Waals surface area (Å²) in [5.41, 5.74) is 1.15. The Bertz CT molecular complexity index is 466. The van der Waals surface area contributed by atoms with Crippen molar-refractivity contribution in [3.8, 4) is 0 Å². The van der Waals surface area contributed by atoms with Gasteiger partial charge in [0.2, 0.25) is 5.91 Å². The number of nitrogens with zero attached hydrogens (tertiary/aromatic N) is 4. The Labute approximate surface area is 104 Å². The summed E-state index contributed by atoms with van der Waals surface area (Å²) < 4.78 is 1.56. The SMILES string of the molecule is C[C@H](C(=O)N(C)Cc1ccsc1)n1cncn1. The first kappa shape index (κ1) is 11.8. The fraction of sp³-hybridized carbons (Fsp3) is 0.364. The van der Waals surface area contributed by atoms with Gasteiger partial charge in [0, 0.05) is 13.6 Å². The Morgan fingerprint density at radius 2 is 2.47 bits per heavy atom. The molecule has 0 spiro atoms. The van der Waals surface area contributed by atoms with Gasteiger partial charge < -0.3 is 4.90 Å². The fourth-order valence-electron chi connectivity index (χ4n) is 1.58. The van der Waals surface area contributed by atoms with Gasteiger partial charge in [-0.05, 0) is 29.3 Å². The van der Waals surface area contributed by atoms with E-state index in [9.17, 15) is 4.79 Å². The lowest BCUT2D eigenvalue weighted by atomic mass is 10.2. The van der Waals surface area contributed by atoms with Crippen molar-refractivity contribution in [3.05, 3.63) is 35.0 Å². The summed E-state index contributed by atoms with van der Waals surface area (Å²) in [6.45, 7) is 2.45. The Balaban J connectivity index is 2.00. The normalized spacial score (nSPS) is 12.4. The van der Waals surface area contributed by atoms with Crippen LogP contribution in [0.15, 0.2) is 29.5 Å². The summed E-state index contributed by atoms with van der Waals surface area (Å²) in [7, 11) is 1.80. The van der Waals surface area contributed by atoms with Gasteiger partial charge in [-0.3, -0.25) is 4.79 Å². The molecule has 2 heterocycles. The summed E-state index contributed by atoms with van der Waals surface area (Å²) in [6.07, 6.45) is 2.99. The van der Waals surface area contributed by atoms with Gasteiger partial charge in [-0.1, -0.05) is 0 Å². The van der Waals surface area contributed by atoms with Crippen molar-refractivity contribution < 1.29 is 4.79 Å². The van der Waals surface area contributed by atoms with E-state index in [2.05, 4.69) is 10.1 Å². The standard InChI is InChI=1S/C11H14N4OS/c1-9(15-8-12-7-13-15)11(16)14(2)5-10-3-4-17-6-10/h3-4,6-9H,5H2,1-2H3/t9-/m1/s1. The van der Waals surface area contributed by atoms with Crippen molar-refractivity contribution in [2.75, 3.05) is 7.05 Å². The highest BCUT2D eigenvalue weighted by molar-refractivity contribution is 7.07. The number of hydrogen-bond acceptors (Lipinski definition) is 4. The number of amides is 1. The third-order valence-corrected chi connectivity index (χ3v) is 3.30. The molecule has 2 rings (SSSR count). The maximum absolute atomic E-state index is 12.1. The van der Waals surface area contributed by atoms with Crippen molar-refractivity contribution in [2.45, 2.75) is 19.5 Å². The topological polar surface area (TPSA) is 51.0 Å². The molecule has 17 heavy (non-hydrogen) atoms. The van der Waals surface area contributed by atoms with Crippen LogP contribution in [-0.2, 0) is 11.3 Å². The molecule has 0 aliphatic heterocycles. The molecule has 1 atom stereocenters. The molecule has 1 amide bonds. The Morgan fingerprint density at radius 3 is 3.06 bits per heavy atom. The molecule has 6 heteroatoms. The third kappa shape index (κ3) is 2.71. The second kappa shape index (κ2) is 5.09. The smallest absolute Gasteiger partial charge is 0.247 e. The zero-order valence-corrected chi connectivity index (χ0v) is 10.6. The van der Waals surface area contributed by atoms with E-state index in [-0.39, 0.29) is 11.9 Å². The first-order valence-electron chi connectivity index (χ1n) is 5.28. The van der Waals surface area contributed by atoms with Crippen LogP contribution in [0, 0.1) is 0 Å². The molecule has 0 N–H and O–H groups in total. The van der Waals surface area contributed by atoms with Crippen molar-refractivity contribution in [3.63, 3.8) is 0 Å². The zero-order chi connectivity index (χ0) is 12.3. The van der Waals surface area contributed by atoms with Crippen LogP contribution in [0.2, 0.25) is 0 Å². The van der Waals surface area contributed by atoms with Crippen LogP contribution in [0.25, 0.3) is 0 Å². The molecule has 0 unspecified atom stereocenters. The second-order valence-electron chi connectivity index (χ2n) is 3.88. The van der Waals surface area contributed by atoms with E-state index in [0.717, 1.165) is 5.56 Å². The average molecular weight is 250 g/mol. The van der Waals surface area contributed by atoms with Crippen LogP contribution in [0.5, 0.6) is 0 Å². The molecule has 0 fully saturated rings. The molecule has 0 aliphatic carbocycles. The summed E-state index contributed by atoms with van der Waals surface area (Å²) in [6, 6.07) is 1.70. The second-order valence-corrected chi connectivity index (χ2v) is 4.66. The zero-order valence-electron chi connectivity index (χ0n) is 9.78. The average Bonchev–Trinajstić information content (AvgIpc) is 2.99. The van der Waals surface area contributed by atoms with Crippen LogP contribution in [0.1, 0.15) is 18.5 Å². The van der Waals surface area contributed by atoms with Crippen LogP contribution >= 0.6 is 11.3 Å². The maximum atomic E-state index is 12.1. The number of thiophene rings is 1. The minimum Gasteiger partial charge on any atom is -0.340 e. The Kier molecular flexibility index (Phi) is 3.53. The molecule has 0 saturated carbocycles. The maximum Gasteiger partial charge on any atom is 0.247 e. The van der Waals surface area contributed by atoms with Crippen LogP contribution in [-0.4, -0.2) is 32.6 Å². The summed E-state index contributed by atoms with van der Waals surface area (Å²) in [5.74, 6) is 0.0294. The predicted octanol–water partition coefficient (Wildman–Crippen LogP) is 1.56. The Morgan fingerprint density at radius 1 is 1.65 bits per heavy atom. The fourth-order valence-corrected chi connectivity index (χ4v) is 2.24. The molecule has 2 aromatic heterocycles. The van der Waals surface area contributed by atoms with Crippen LogP contribution in [0.3, 0.4) is 0 Å². The highest BCUT2D eigenvalue weighted by Crippen LogP contribution is 2.12. The lowest BCUT2D eigenvalue weighted by molar-refractivity contribution is -0.133. The number of hydrogen-bond donors (Lipinski definition) is 0. The molecule has 0 radical (unpaired) electrons. The lowest BCUT2D eigenvalue weighted by Gasteiger charge is -2.20. The van der Waals surface area contributed by atoms with Gasteiger partial charge in [-0.15, -0.1) is 0 Å². The van der Waals surface area contributed by atoms with E-state index in [1.807, 2.05) is 23.8 Å². The molecular formula is C11H14N4OS. The minimum atomic E-state index is -0.318. The summed E-state index contributed by atoms with van der Waals surface area (Å²) >= 11 is 1.63. The van der Waals surface area contributed by atoms with E-state index in [1.54, 1.807) is 34.3 Å². The van der Waals surface area contributed by atoms with E-state index in [1.165, 1.54) is 6.33 Å². The van der Waals surface area contributed by atoms with Gasteiger partial charge in [-0.25, -0.2) is 9.67 Å². The number of rotatable bonds is 4. The lowest BCUT2D eigenvalue weighted by Crippen LogP contribution is -2.32. The number of carbonyl (C=O) groups is 1. The predicted molar refractivity (Wildman–Crippen MR) is 65.5 cm³/mol. The molecule has 0 aromatic carbocycles. The molecule has 0 saturated heterocycles. The Hall–Kier alpha value is -1.69. The van der Waals surface area contributed by atoms with Crippen LogP contribution in [0.4, 0.5) is 0 Å². The van der Waals surface area contributed by atoms with Gasteiger partial charge in [0.1, 0.15) is 18.7 Å². The summed E-state index contributed by atoms with van der Waals surface area (Å²) in [5, 5.41) is 8.03. The molecule has 0 bridgehead atoms. The monoisotopic (exact) mass is 250 g/mol. The summed E-state index contributed by atoms with van der Waals surface area (Å²) in [4.78, 5) is 17.7. The molecule has 2 aromatic rings. The van der Waals surface area contributed by atoms with E-state index >= 15 is 0 Å². The highest BCUT2D eigenvalue weighted by atomic mass is 32.1. The van der Waals surface area contributed by atoms with Crippen molar-refractivity contribution in [2.24, 2.45) is 0 Å². The quantitative estimate of drug-likeness (QED) is 0.827. The highest BCUT2D eigenvalue weighted by Gasteiger charge is 2.19. The minimum absolute atomic E-state index is 0.0294. The first-order chi connectivity index (χ1) is 8.18. The van der Waals surface area contributed by atoms with Gasteiger partial charge in [0.05, 0.1) is 0 Å². The number of likely N-dealkylation sites (N-methyl/N-ethyl adjacent to an activating group) is 1. The van der Waals surface area contributed by atoms with Crippen molar-refractivity contribution in [1.82, 2.24) is 19.7 Å².